The van der Waals surface area contributed by atoms with Crippen molar-refractivity contribution in [2.24, 2.45) is 0 Å². The van der Waals surface area contributed by atoms with Crippen LogP contribution in [0, 0.1) is 0 Å². The standard InChI is InChI=1S/C20H25NO3/c1-16(14-23-3)21(2)20(22)15-24-19-12-8-7-11-18(19)13-17-9-5-4-6-10-17/h4-12,16H,13-15H2,1-3H3. The summed E-state index contributed by atoms with van der Waals surface area (Å²) >= 11 is 0. The number of rotatable bonds is 8. The monoisotopic (exact) mass is 327 g/mol. The first kappa shape index (κ1) is 18.0. The van der Waals surface area contributed by atoms with Gasteiger partial charge in [0.15, 0.2) is 6.61 Å². The number of carbonyl (C=O) groups is 1. The third kappa shape index (κ3) is 5.10. The van der Waals surface area contributed by atoms with Gasteiger partial charge in [-0.1, -0.05) is 48.5 Å². The van der Waals surface area contributed by atoms with Gasteiger partial charge >= 0.3 is 0 Å². The van der Waals surface area contributed by atoms with Gasteiger partial charge in [0.2, 0.25) is 0 Å². The molecule has 0 fully saturated rings. The lowest BCUT2D eigenvalue weighted by atomic mass is 10.0. The fourth-order valence-electron chi connectivity index (χ4n) is 2.45. The van der Waals surface area contributed by atoms with Gasteiger partial charge < -0.3 is 14.4 Å². The molecule has 1 amide bonds. The molecule has 0 saturated carbocycles. The zero-order valence-electron chi connectivity index (χ0n) is 14.6. The number of hydrogen-bond acceptors (Lipinski definition) is 3. The van der Waals surface area contributed by atoms with Crippen LogP contribution < -0.4 is 4.74 Å². The molecule has 2 rings (SSSR count). The van der Waals surface area contributed by atoms with Crippen LogP contribution in [0.2, 0.25) is 0 Å². The molecule has 4 heteroatoms. The molecule has 4 nitrogen and oxygen atoms in total. The predicted molar refractivity (Wildman–Crippen MR) is 95.3 cm³/mol. The van der Waals surface area contributed by atoms with Crippen molar-refractivity contribution in [1.82, 2.24) is 4.90 Å². The summed E-state index contributed by atoms with van der Waals surface area (Å²) in [5.74, 6) is 0.691. The Balaban J connectivity index is 1.99. The fraction of sp³-hybridized carbons (Fsp3) is 0.350. The van der Waals surface area contributed by atoms with Crippen molar-refractivity contribution < 1.29 is 14.3 Å². The van der Waals surface area contributed by atoms with E-state index in [1.807, 2.05) is 49.4 Å². The summed E-state index contributed by atoms with van der Waals surface area (Å²) in [6.45, 7) is 2.48. The van der Waals surface area contributed by atoms with Crippen LogP contribution in [0.5, 0.6) is 5.75 Å². The largest absolute Gasteiger partial charge is 0.483 e. The maximum atomic E-state index is 12.2. The first-order chi connectivity index (χ1) is 11.6. The van der Waals surface area contributed by atoms with Gasteiger partial charge in [0.05, 0.1) is 12.6 Å². The average Bonchev–Trinajstić information content (AvgIpc) is 2.61. The van der Waals surface area contributed by atoms with Gasteiger partial charge in [-0.15, -0.1) is 0 Å². The second-order valence-electron chi connectivity index (χ2n) is 5.87. The SMILES string of the molecule is COCC(C)N(C)C(=O)COc1ccccc1Cc1ccccc1. The second kappa shape index (κ2) is 9.08. The van der Waals surface area contributed by atoms with Crippen LogP contribution >= 0.6 is 0 Å². The molecule has 0 N–H and O–H groups in total. The van der Waals surface area contributed by atoms with Crippen LogP contribution in [-0.4, -0.2) is 44.2 Å². The summed E-state index contributed by atoms with van der Waals surface area (Å²) in [7, 11) is 3.40. The fourth-order valence-corrected chi connectivity index (χ4v) is 2.45. The Labute approximate surface area is 144 Å². The van der Waals surface area contributed by atoms with E-state index in [2.05, 4.69) is 12.1 Å². The lowest BCUT2D eigenvalue weighted by Crippen LogP contribution is -2.40. The van der Waals surface area contributed by atoms with Gasteiger partial charge in [-0.25, -0.2) is 0 Å². The molecule has 0 heterocycles. The zero-order valence-corrected chi connectivity index (χ0v) is 14.6. The maximum absolute atomic E-state index is 12.2. The summed E-state index contributed by atoms with van der Waals surface area (Å²) in [5, 5.41) is 0. The Morgan fingerprint density at radius 2 is 1.75 bits per heavy atom. The van der Waals surface area contributed by atoms with E-state index in [9.17, 15) is 4.79 Å². The third-order valence-corrected chi connectivity index (χ3v) is 4.02. The number of carbonyl (C=O) groups excluding carboxylic acids is 1. The van der Waals surface area contributed by atoms with Crippen LogP contribution in [0.3, 0.4) is 0 Å². The number of nitrogens with zero attached hydrogens (tertiary/aromatic N) is 1. The van der Waals surface area contributed by atoms with Gasteiger partial charge in [-0.3, -0.25) is 4.79 Å². The molecule has 0 aliphatic rings. The van der Waals surface area contributed by atoms with Crippen LogP contribution in [0.4, 0.5) is 0 Å². The number of methoxy groups -OCH3 is 1. The Morgan fingerprint density at radius 1 is 1.08 bits per heavy atom. The number of hydrogen-bond donors (Lipinski definition) is 0. The topological polar surface area (TPSA) is 38.8 Å². The summed E-state index contributed by atoms with van der Waals surface area (Å²) in [6.07, 6.45) is 0.779. The molecule has 24 heavy (non-hydrogen) atoms. The summed E-state index contributed by atoms with van der Waals surface area (Å²) in [5.41, 5.74) is 2.29. The quantitative estimate of drug-likeness (QED) is 0.747. The number of ether oxygens (including phenoxy) is 2. The number of amides is 1. The Morgan fingerprint density at radius 3 is 2.46 bits per heavy atom. The number of likely N-dealkylation sites (N-methyl/N-ethyl adjacent to an activating group) is 1. The second-order valence-corrected chi connectivity index (χ2v) is 5.87. The highest BCUT2D eigenvalue weighted by atomic mass is 16.5. The van der Waals surface area contributed by atoms with Crippen LogP contribution in [0.15, 0.2) is 54.6 Å². The van der Waals surface area contributed by atoms with Crippen molar-refractivity contribution in [3.63, 3.8) is 0 Å². The van der Waals surface area contributed by atoms with Crippen LogP contribution in [0.25, 0.3) is 0 Å². The number of para-hydroxylation sites is 1. The molecule has 0 spiro atoms. The molecular weight excluding hydrogens is 302 g/mol. The lowest BCUT2D eigenvalue weighted by molar-refractivity contribution is -0.134. The lowest BCUT2D eigenvalue weighted by Gasteiger charge is -2.24. The summed E-state index contributed by atoms with van der Waals surface area (Å²) in [4.78, 5) is 13.9. The van der Waals surface area contributed by atoms with E-state index < -0.39 is 0 Å². The predicted octanol–water partition coefficient (Wildman–Crippen LogP) is 3.15. The Kier molecular flexibility index (Phi) is 6.82. The minimum Gasteiger partial charge on any atom is -0.483 e. The van der Waals surface area contributed by atoms with Crippen molar-refractivity contribution >= 4 is 5.91 Å². The number of benzene rings is 2. The minimum absolute atomic E-state index is 0.0191. The highest BCUT2D eigenvalue weighted by Crippen LogP contribution is 2.21. The van der Waals surface area contributed by atoms with Crippen molar-refractivity contribution in [1.29, 1.82) is 0 Å². The molecule has 1 atom stereocenters. The van der Waals surface area contributed by atoms with Gasteiger partial charge in [-0.2, -0.15) is 0 Å². The van der Waals surface area contributed by atoms with Crippen LogP contribution in [0.1, 0.15) is 18.1 Å². The first-order valence-corrected chi connectivity index (χ1v) is 8.11. The third-order valence-electron chi connectivity index (χ3n) is 4.02. The Bertz CT molecular complexity index is 642. The van der Waals surface area contributed by atoms with Crippen molar-refractivity contribution in [2.45, 2.75) is 19.4 Å². The van der Waals surface area contributed by atoms with Gasteiger partial charge in [-0.05, 0) is 24.1 Å². The van der Waals surface area contributed by atoms with Gasteiger partial charge in [0.25, 0.3) is 5.91 Å². The van der Waals surface area contributed by atoms with E-state index in [1.165, 1.54) is 5.56 Å². The molecule has 2 aromatic rings. The van der Waals surface area contributed by atoms with E-state index in [0.717, 1.165) is 17.7 Å². The van der Waals surface area contributed by atoms with Crippen molar-refractivity contribution in [3.8, 4) is 5.75 Å². The minimum atomic E-state index is -0.0611. The molecule has 0 aromatic heterocycles. The maximum Gasteiger partial charge on any atom is 0.260 e. The normalized spacial score (nSPS) is 11.8. The molecule has 1 unspecified atom stereocenters. The smallest absolute Gasteiger partial charge is 0.260 e. The molecule has 0 saturated heterocycles. The van der Waals surface area contributed by atoms with E-state index in [1.54, 1.807) is 19.1 Å². The zero-order chi connectivity index (χ0) is 17.4. The highest BCUT2D eigenvalue weighted by Gasteiger charge is 2.16. The van der Waals surface area contributed by atoms with E-state index in [-0.39, 0.29) is 18.6 Å². The molecular formula is C20H25NO3. The molecule has 2 aromatic carbocycles. The highest BCUT2D eigenvalue weighted by molar-refractivity contribution is 5.77. The van der Waals surface area contributed by atoms with Gasteiger partial charge in [0, 0.05) is 20.6 Å². The molecule has 0 aliphatic carbocycles. The van der Waals surface area contributed by atoms with Gasteiger partial charge in [0.1, 0.15) is 5.75 Å². The van der Waals surface area contributed by atoms with E-state index >= 15 is 0 Å². The van der Waals surface area contributed by atoms with E-state index in [0.29, 0.717) is 6.61 Å². The average molecular weight is 327 g/mol. The summed E-state index contributed by atoms with van der Waals surface area (Å²) < 4.78 is 10.9. The molecule has 128 valence electrons. The van der Waals surface area contributed by atoms with Crippen molar-refractivity contribution in [2.75, 3.05) is 27.4 Å². The summed E-state index contributed by atoms with van der Waals surface area (Å²) in [6, 6.07) is 18.1. The van der Waals surface area contributed by atoms with Crippen LogP contribution in [-0.2, 0) is 16.0 Å². The molecule has 0 aliphatic heterocycles. The molecule has 0 bridgehead atoms. The first-order valence-electron chi connectivity index (χ1n) is 8.11. The van der Waals surface area contributed by atoms with E-state index in [4.69, 9.17) is 9.47 Å². The Hall–Kier alpha value is -2.33. The van der Waals surface area contributed by atoms with Crippen molar-refractivity contribution in [3.05, 3.63) is 65.7 Å². The molecule has 0 radical (unpaired) electrons.